The van der Waals surface area contributed by atoms with Crippen molar-refractivity contribution >= 4 is 16.9 Å². The first kappa shape index (κ1) is 12.3. The van der Waals surface area contributed by atoms with Gasteiger partial charge in [-0.15, -0.1) is 0 Å². The average molecular weight is 262 g/mol. The fourth-order valence-corrected chi connectivity index (χ4v) is 2.46. The summed E-state index contributed by atoms with van der Waals surface area (Å²) in [4.78, 5) is 10.9. The third-order valence-electron chi connectivity index (χ3n) is 3.38. The van der Waals surface area contributed by atoms with Crippen LogP contribution in [0.4, 0.5) is 5.82 Å². The molecule has 1 aliphatic heterocycles. The van der Waals surface area contributed by atoms with Crippen molar-refractivity contribution in [3.05, 3.63) is 12.5 Å². The number of hydrogen-bond acceptors (Lipinski definition) is 6. The molecule has 0 bridgehead atoms. The molecule has 2 aromatic heterocycles. The normalized spacial score (nSPS) is 20.1. The van der Waals surface area contributed by atoms with Gasteiger partial charge in [0.25, 0.3) is 0 Å². The summed E-state index contributed by atoms with van der Waals surface area (Å²) in [6.07, 6.45) is 3.62. The van der Waals surface area contributed by atoms with E-state index in [1.807, 2.05) is 20.3 Å². The van der Waals surface area contributed by atoms with Crippen LogP contribution in [0.2, 0.25) is 0 Å². The summed E-state index contributed by atoms with van der Waals surface area (Å²) in [6, 6.07) is 0. The molecule has 1 atom stereocenters. The first-order chi connectivity index (χ1) is 9.29. The van der Waals surface area contributed by atoms with Gasteiger partial charge in [0.1, 0.15) is 12.1 Å². The maximum Gasteiger partial charge on any atom is 0.163 e. The predicted octanol–water partition coefficient (Wildman–Crippen LogP) is -0.212. The first-order valence-electron chi connectivity index (χ1n) is 6.43. The van der Waals surface area contributed by atoms with Crippen molar-refractivity contribution in [3.63, 3.8) is 0 Å². The predicted molar refractivity (Wildman–Crippen MR) is 72.2 cm³/mol. The lowest BCUT2D eigenvalue weighted by molar-refractivity contribution is 0.0420. The number of morpholine rings is 1. The molecule has 0 spiro atoms. The fourth-order valence-electron chi connectivity index (χ4n) is 2.46. The minimum atomic E-state index is 0.195. The van der Waals surface area contributed by atoms with Gasteiger partial charge in [-0.3, -0.25) is 4.68 Å². The van der Waals surface area contributed by atoms with Crippen molar-refractivity contribution in [1.29, 1.82) is 0 Å². The highest BCUT2D eigenvalue weighted by atomic mass is 16.5. The van der Waals surface area contributed by atoms with E-state index in [9.17, 15) is 0 Å². The summed E-state index contributed by atoms with van der Waals surface area (Å²) in [6.45, 7) is 3.25. The zero-order valence-corrected chi connectivity index (χ0v) is 11.2. The Morgan fingerprint density at radius 1 is 1.47 bits per heavy atom. The number of ether oxygens (including phenoxy) is 1. The molecule has 0 aliphatic carbocycles. The van der Waals surface area contributed by atoms with Crippen LogP contribution in [0.3, 0.4) is 0 Å². The number of aryl methyl sites for hydroxylation is 1. The molecular weight excluding hydrogens is 244 g/mol. The smallest absolute Gasteiger partial charge is 0.163 e. The van der Waals surface area contributed by atoms with Gasteiger partial charge >= 0.3 is 0 Å². The Hall–Kier alpha value is -1.73. The van der Waals surface area contributed by atoms with Crippen molar-refractivity contribution in [2.24, 2.45) is 7.05 Å². The highest BCUT2D eigenvalue weighted by molar-refractivity contribution is 5.86. The molecule has 19 heavy (non-hydrogen) atoms. The van der Waals surface area contributed by atoms with Crippen molar-refractivity contribution in [2.75, 3.05) is 38.2 Å². The van der Waals surface area contributed by atoms with Crippen LogP contribution < -0.4 is 10.2 Å². The Labute approximate surface area is 111 Å². The molecule has 2 aromatic rings. The third-order valence-corrected chi connectivity index (χ3v) is 3.38. The summed E-state index contributed by atoms with van der Waals surface area (Å²) in [5.41, 5.74) is 0.863. The lowest BCUT2D eigenvalue weighted by Crippen LogP contribution is -2.46. The molecule has 3 heterocycles. The second-order valence-electron chi connectivity index (χ2n) is 4.70. The maximum atomic E-state index is 5.72. The molecule has 1 fully saturated rings. The number of hydrogen-bond donors (Lipinski definition) is 1. The fraction of sp³-hybridized carbons (Fsp3) is 0.583. The molecule has 1 saturated heterocycles. The summed E-state index contributed by atoms with van der Waals surface area (Å²) < 4.78 is 7.49. The lowest BCUT2D eigenvalue weighted by atomic mass is 10.2. The van der Waals surface area contributed by atoms with Gasteiger partial charge in [-0.2, -0.15) is 5.10 Å². The molecule has 1 N–H and O–H groups in total. The van der Waals surface area contributed by atoms with E-state index in [0.717, 1.165) is 43.1 Å². The second-order valence-corrected chi connectivity index (χ2v) is 4.70. The number of rotatable bonds is 3. The van der Waals surface area contributed by atoms with Crippen LogP contribution >= 0.6 is 0 Å². The van der Waals surface area contributed by atoms with Gasteiger partial charge < -0.3 is 15.0 Å². The largest absolute Gasteiger partial charge is 0.373 e. The van der Waals surface area contributed by atoms with Gasteiger partial charge in [-0.05, 0) is 7.05 Å². The highest BCUT2D eigenvalue weighted by Gasteiger charge is 2.23. The Kier molecular flexibility index (Phi) is 3.31. The van der Waals surface area contributed by atoms with E-state index in [-0.39, 0.29) is 6.10 Å². The van der Waals surface area contributed by atoms with Crippen LogP contribution in [0.15, 0.2) is 12.5 Å². The van der Waals surface area contributed by atoms with Crippen molar-refractivity contribution < 1.29 is 4.74 Å². The van der Waals surface area contributed by atoms with Crippen molar-refractivity contribution in [2.45, 2.75) is 6.10 Å². The number of nitrogens with one attached hydrogen (secondary N) is 1. The Bertz CT molecular complexity index is 566. The van der Waals surface area contributed by atoms with Crippen molar-refractivity contribution in [3.8, 4) is 0 Å². The van der Waals surface area contributed by atoms with Gasteiger partial charge in [0, 0.05) is 26.7 Å². The van der Waals surface area contributed by atoms with Crippen LogP contribution in [0.1, 0.15) is 0 Å². The van der Waals surface area contributed by atoms with Gasteiger partial charge in [0.15, 0.2) is 5.65 Å². The summed E-state index contributed by atoms with van der Waals surface area (Å²) >= 11 is 0. The summed E-state index contributed by atoms with van der Waals surface area (Å²) in [7, 11) is 3.83. The van der Waals surface area contributed by atoms with Crippen molar-refractivity contribution in [1.82, 2.24) is 25.1 Å². The SMILES string of the molecule is CNCC1CN(c2ncnc3c2cnn3C)CCO1. The average Bonchev–Trinajstić information content (AvgIpc) is 2.81. The minimum Gasteiger partial charge on any atom is -0.373 e. The number of fused-ring (bicyclic) bond motifs is 1. The van der Waals surface area contributed by atoms with E-state index in [1.165, 1.54) is 0 Å². The van der Waals surface area contributed by atoms with E-state index in [1.54, 1.807) is 11.0 Å². The van der Waals surface area contributed by atoms with Gasteiger partial charge in [0.05, 0.1) is 24.3 Å². The molecule has 0 radical (unpaired) electrons. The number of aromatic nitrogens is 4. The van der Waals surface area contributed by atoms with E-state index < -0.39 is 0 Å². The van der Waals surface area contributed by atoms with Crippen LogP contribution in [0.25, 0.3) is 11.0 Å². The van der Waals surface area contributed by atoms with Crippen LogP contribution in [0.5, 0.6) is 0 Å². The topological polar surface area (TPSA) is 68.1 Å². The van der Waals surface area contributed by atoms with Gasteiger partial charge in [-0.1, -0.05) is 0 Å². The molecule has 102 valence electrons. The Morgan fingerprint density at radius 3 is 3.21 bits per heavy atom. The summed E-state index contributed by atoms with van der Waals surface area (Å²) in [5.74, 6) is 0.947. The monoisotopic (exact) mass is 262 g/mol. The molecule has 1 unspecified atom stereocenters. The number of likely N-dealkylation sites (N-methyl/N-ethyl adjacent to an activating group) is 1. The van der Waals surface area contributed by atoms with E-state index in [2.05, 4.69) is 25.3 Å². The summed E-state index contributed by atoms with van der Waals surface area (Å²) in [5, 5.41) is 8.40. The Balaban J connectivity index is 1.91. The van der Waals surface area contributed by atoms with E-state index >= 15 is 0 Å². The molecule has 7 nitrogen and oxygen atoms in total. The molecule has 3 rings (SSSR count). The van der Waals surface area contributed by atoms with E-state index in [0.29, 0.717) is 0 Å². The molecule has 1 aliphatic rings. The Morgan fingerprint density at radius 2 is 2.37 bits per heavy atom. The molecule has 0 amide bonds. The standard InChI is InChI=1S/C12H18N6O/c1-13-5-9-7-18(3-4-19-9)12-10-6-16-17(2)11(10)14-8-15-12/h6,8-9,13H,3-5,7H2,1-2H3. The molecular formula is C12H18N6O. The number of anilines is 1. The van der Waals surface area contributed by atoms with Crippen LogP contribution in [0, 0.1) is 0 Å². The highest BCUT2D eigenvalue weighted by Crippen LogP contribution is 2.23. The molecule has 7 heteroatoms. The van der Waals surface area contributed by atoms with E-state index in [4.69, 9.17) is 4.74 Å². The zero-order valence-electron chi connectivity index (χ0n) is 11.2. The van der Waals surface area contributed by atoms with Crippen LogP contribution in [-0.4, -0.2) is 59.1 Å². The lowest BCUT2D eigenvalue weighted by Gasteiger charge is -2.33. The zero-order chi connectivity index (χ0) is 13.2. The maximum absolute atomic E-state index is 5.72. The first-order valence-corrected chi connectivity index (χ1v) is 6.43. The molecule has 0 aromatic carbocycles. The minimum absolute atomic E-state index is 0.195. The van der Waals surface area contributed by atoms with Crippen LogP contribution in [-0.2, 0) is 11.8 Å². The van der Waals surface area contributed by atoms with Gasteiger partial charge in [0.2, 0.25) is 0 Å². The third kappa shape index (κ3) is 2.26. The second kappa shape index (κ2) is 5.10. The number of nitrogens with zero attached hydrogens (tertiary/aromatic N) is 5. The quantitative estimate of drug-likeness (QED) is 0.825. The molecule has 0 saturated carbocycles. The van der Waals surface area contributed by atoms with Gasteiger partial charge in [-0.25, -0.2) is 9.97 Å².